The van der Waals surface area contributed by atoms with Crippen LogP contribution in [0.5, 0.6) is 17.2 Å². The topological polar surface area (TPSA) is 92.2 Å². The Labute approximate surface area is 171 Å². The molecule has 0 bridgehead atoms. The van der Waals surface area contributed by atoms with Gasteiger partial charge in [-0.25, -0.2) is 0 Å². The lowest BCUT2D eigenvalue weighted by Gasteiger charge is -2.33. The Hall–Kier alpha value is -3.06. The fraction of sp³-hybridized carbons (Fsp3) is 0.364. The van der Waals surface area contributed by atoms with Gasteiger partial charge in [0.15, 0.2) is 11.5 Å². The van der Waals surface area contributed by atoms with Gasteiger partial charge in [-0.1, -0.05) is 6.07 Å². The van der Waals surface area contributed by atoms with Crippen molar-refractivity contribution in [3.8, 4) is 17.2 Å². The second-order valence-electron chi connectivity index (χ2n) is 6.79. The van der Waals surface area contributed by atoms with Crippen molar-refractivity contribution in [2.24, 2.45) is 5.73 Å². The van der Waals surface area contributed by atoms with E-state index in [0.29, 0.717) is 36.9 Å². The quantitative estimate of drug-likeness (QED) is 0.521. The van der Waals surface area contributed by atoms with Crippen LogP contribution in [0.15, 0.2) is 36.5 Å². The molecule has 2 aromatic carbocycles. The van der Waals surface area contributed by atoms with Crippen LogP contribution in [0.4, 0.5) is 5.69 Å². The molecule has 0 aromatic heterocycles. The first-order chi connectivity index (χ1) is 14.1. The number of hydrogen-bond donors (Lipinski definition) is 2. The molecular formula is C22H29N3O4. The lowest BCUT2D eigenvalue weighted by atomic mass is 9.97. The maximum absolute atomic E-state index is 6.30. The molecule has 0 radical (unpaired) electrons. The molecule has 0 atom stereocenters. The average Bonchev–Trinajstić information content (AvgIpc) is 2.75. The molecule has 1 aliphatic heterocycles. The monoisotopic (exact) mass is 399 g/mol. The zero-order chi connectivity index (χ0) is 20.8. The van der Waals surface area contributed by atoms with Crippen LogP contribution in [0, 0.1) is 0 Å². The molecule has 4 N–H and O–H groups in total. The van der Waals surface area contributed by atoms with Crippen LogP contribution in [0.25, 0.3) is 5.70 Å². The Balaban J connectivity index is 1.85. The molecule has 0 saturated heterocycles. The molecule has 0 unspecified atom stereocenters. The highest BCUT2D eigenvalue weighted by molar-refractivity contribution is 5.77. The minimum atomic E-state index is 0.523. The highest BCUT2D eigenvalue weighted by Gasteiger charge is 2.22. The summed E-state index contributed by atoms with van der Waals surface area (Å²) in [5.41, 5.74) is 17.1. The predicted molar refractivity (Wildman–Crippen MR) is 114 cm³/mol. The fourth-order valence-corrected chi connectivity index (χ4v) is 3.55. The van der Waals surface area contributed by atoms with E-state index in [4.69, 9.17) is 30.4 Å². The number of nitrogens with zero attached hydrogens (tertiary/aromatic N) is 1. The molecule has 0 amide bonds. The van der Waals surface area contributed by atoms with E-state index in [0.717, 1.165) is 30.0 Å². The number of methoxy groups -OCH3 is 3. The van der Waals surface area contributed by atoms with Crippen molar-refractivity contribution < 1.29 is 18.9 Å². The minimum Gasteiger partial charge on any atom is -0.493 e. The molecular weight excluding hydrogens is 370 g/mol. The number of hydrogen-bond acceptors (Lipinski definition) is 7. The van der Waals surface area contributed by atoms with E-state index in [1.807, 2.05) is 12.1 Å². The van der Waals surface area contributed by atoms with E-state index in [1.54, 1.807) is 33.6 Å². The largest absolute Gasteiger partial charge is 0.493 e. The summed E-state index contributed by atoms with van der Waals surface area (Å²) in [6.45, 7) is 2.64. The molecule has 29 heavy (non-hydrogen) atoms. The summed E-state index contributed by atoms with van der Waals surface area (Å²) in [5.74, 6) is 2.04. The van der Waals surface area contributed by atoms with Crippen LogP contribution < -0.4 is 25.7 Å². The number of nitrogens with two attached hydrogens (primary N) is 2. The Kier molecular flexibility index (Phi) is 6.72. The van der Waals surface area contributed by atoms with Gasteiger partial charge in [0, 0.05) is 43.7 Å². The summed E-state index contributed by atoms with van der Waals surface area (Å²) < 4.78 is 21.6. The van der Waals surface area contributed by atoms with Crippen molar-refractivity contribution in [2.45, 2.75) is 13.0 Å². The average molecular weight is 399 g/mol. The second-order valence-corrected chi connectivity index (χ2v) is 6.79. The van der Waals surface area contributed by atoms with Crippen LogP contribution in [0.3, 0.4) is 0 Å². The van der Waals surface area contributed by atoms with Gasteiger partial charge in [-0.05, 0) is 35.7 Å². The maximum Gasteiger partial charge on any atom is 0.162 e. The summed E-state index contributed by atoms with van der Waals surface area (Å²) >= 11 is 0. The molecule has 7 heteroatoms. The lowest BCUT2D eigenvalue weighted by molar-refractivity contribution is 0.146. The summed E-state index contributed by atoms with van der Waals surface area (Å²) in [4.78, 5) is 2.22. The Morgan fingerprint density at radius 1 is 1.03 bits per heavy atom. The first kappa shape index (κ1) is 20.7. The van der Waals surface area contributed by atoms with E-state index in [-0.39, 0.29) is 0 Å². The van der Waals surface area contributed by atoms with Gasteiger partial charge >= 0.3 is 0 Å². The van der Waals surface area contributed by atoms with Crippen LogP contribution in [0.1, 0.15) is 16.7 Å². The number of rotatable bonds is 8. The van der Waals surface area contributed by atoms with Crippen molar-refractivity contribution in [3.63, 3.8) is 0 Å². The third-order valence-corrected chi connectivity index (χ3v) is 5.08. The van der Waals surface area contributed by atoms with Gasteiger partial charge in [0.25, 0.3) is 0 Å². The molecule has 0 spiro atoms. The minimum absolute atomic E-state index is 0.523. The van der Waals surface area contributed by atoms with Gasteiger partial charge in [-0.2, -0.15) is 0 Å². The summed E-state index contributed by atoms with van der Waals surface area (Å²) in [7, 11) is 4.85. The van der Waals surface area contributed by atoms with E-state index < -0.39 is 0 Å². The van der Waals surface area contributed by atoms with E-state index in [1.165, 1.54) is 11.1 Å². The van der Waals surface area contributed by atoms with E-state index >= 15 is 0 Å². The standard InChI is InChI=1S/C22H29N3O4/c1-26-8-9-29-17-5-4-15-6-7-25(14-16(15)10-17)20(13-23)18-11-21(27-2)22(28-3)12-19(18)24/h4-5,10-13H,6-9,14,23-24H2,1-3H3/b20-13+. The fourth-order valence-electron chi connectivity index (χ4n) is 3.55. The number of fused-ring (bicyclic) bond motifs is 1. The van der Waals surface area contributed by atoms with Crippen LogP contribution in [-0.4, -0.2) is 46.0 Å². The number of anilines is 1. The smallest absolute Gasteiger partial charge is 0.162 e. The predicted octanol–water partition coefficient (Wildman–Crippen LogP) is 2.63. The molecule has 7 nitrogen and oxygen atoms in total. The normalized spacial score (nSPS) is 13.8. The van der Waals surface area contributed by atoms with Gasteiger partial charge in [0.2, 0.25) is 0 Å². The maximum atomic E-state index is 6.30. The van der Waals surface area contributed by atoms with Crippen molar-refractivity contribution >= 4 is 11.4 Å². The Bertz CT molecular complexity index is 883. The van der Waals surface area contributed by atoms with Gasteiger partial charge in [-0.3, -0.25) is 0 Å². The van der Waals surface area contributed by atoms with Crippen molar-refractivity contribution in [1.82, 2.24) is 4.90 Å². The zero-order valence-corrected chi connectivity index (χ0v) is 17.2. The highest BCUT2D eigenvalue weighted by Crippen LogP contribution is 2.37. The van der Waals surface area contributed by atoms with Crippen LogP contribution in [0.2, 0.25) is 0 Å². The van der Waals surface area contributed by atoms with Gasteiger partial charge in [0.1, 0.15) is 12.4 Å². The summed E-state index contributed by atoms with van der Waals surface area (Å²) in [6.07, 6.45) is 2.51. The Morgan fingerprint density at radius 3 is 2.48 bits per heavy atom. The SMILES string of the molecule is COCCOc1ccc2c(c1)CN(/C(=C/N)c1cc(OC)c(OC)cc1N)CC2. The van der Waals surface area contributed by atoms with Gasteiger partial charge in [-0.15, -0.1) is 0 Å². The third-order valence-electron chi connectivity index (χ3n) is 5.08. The molecule has 2 aromatic rings. The van der Waals surface area contributed by atoms with E-state index in [2.05, 4.69) is 17.0 Å². The Morgan fingerprint density at radius 2 is 1.79 bits per heavy atom. The van der Waals surface area contributed by atoms with Crippen molar-refractivity contribution in [3.05, 3.63) is 53.2 Å². The zero-order valence-electron chi connectivity index (χ0n) is 17.2. The number of nitrogen functional groups attached to an aromatic ring is 1. The van der Waals surface area contributed by atoms with Crippen molar-refractivity contribution in [1.29, 1.82) is 0 Å². The third kappa shape index (κ3) is 4.51. The summed E-state index contributed by atoms with van der Waals surface area (Å²) in [6, 6.07) is 9.86. The van der Waals surface area contributed by atoms with Crippen LogP contribution >= 0.6 is 0 Å². The van der Waals surface area contributed by atoms with Gasteiger partial charge in [0.05, 0.1) is 26.5 Å². The van der Waals surface area contributed by atoms with Gasteiger partial charge < -0.3 is 35.3 Å². The lowest BCUT2D eigenvalue weighted by Crippen LogP contribution is -2.30. The second kappa shape index (κ2) is 9.43. The summed E-state index contributed by atoms with van der Waals surface area (Å²) in [5, 5.41) is 0. The molecule has 0 aliphatic carbocycles. The molecule has 3 rings (SSSR count). The first-order valence-corrected chi connectivity index (χ1v) is 9.53. The van der Waals surface area contributed by atoms with E-state index in [9.17, 15) is 0 Å². The van der Waals surface area contributed by atoms with Crippen molar-refractivity contribution in [2.75, 3.05) is 46.8 Å². The molecule has 0 saturated carbocycles. The molecule has 0 fully saturated rings. The molecule has 156 valence electrons. The molecule has 1 heterocycles. The highest BCUT2D eigenvalue weighted by atomic mass is 16.5. The molecule has 1 aliphatic rings. The number of ether oxygens (including phenoxy) is 4. The first-order valence-electron chi connectivity index (χ1n) is 9.53. The number of benzene rings is 2. The van der Waals surface area contributed by atoms with Crippen LogP contribution in [-0.2, 0) is 17.7 Å².